The number of halogens is 1. The molecule has 1 amide bonds. The van der Waals surface area contributed by atoms with Gasteiger partial charge in [-0.25, -0.2) is 4.39 Å². The second-order valence-electron chi connectivity index (χ2n) is 10.9. The summed E-state index contributed by atoms with van der Waals surface area (Å²) in [6, 6.07) is 12.2. The summed E-state index contributed by atoms with van der Waals surface area (Å²) in [5.41, 5.74) is 2.42. The molecule has 3 fully saturated rings. The van der Waals surface area contributed by atoms with Crippen LogP contribution < -0.4 is 5.32 Å². The van der Waals surface area contributed by atoms with Crippen LogP contribution in [0.2, 0.25) is 0 Å². The molecule has 7 heteroatoms. The summed E-state index contributed by atoms with van der Waals surface area (Å²) in [6.07, 6.45) is 5.38. The van der Waals surface area contributed by atoms with Crippen molar-refractivity contribution in [2.45, 2.75) is 63.6 Å². The monoisotopic (exact) mass is 493 g/mol. The maximum absolute atomic E-state index is 14.9. The summed E-state index contributed by atoms with van der Waals surface area (Å²) in [7, 11) is 2.14. The largest absolute Gasteiger partial charge is 0.481 e. The van der Waals surface area contributed by atoms with Gasteiger partial charge in [0.15, 0.2) is 0 Å². The van der Waals surface area contributed by atoms with Gasteiger partial charge in [-0.1, -0.05) is 30.7 Å². The number of carboxylic acids is 1. The lowest BCUT2D eigenvalue weighted by atomic mass is 9.76. The Balaban J connectivity index is 1.48. The summed E-state index contributed by atoms with van der Waals surface area (Å²) >= 11 is 0. The van der Waals surface area contributed by atoms with E-state index in [1.165, 1.54) is 6.07 Å². The Bertz CT molecular complexity index is 1090. The Morgan fingerprint density at radius 3 is 2.42 bits per heavy atom. The number of nitrogens with one attached hydrogen (secondary N) is 1. The van der Waals surface area contributed by atoms with Gasteiger partial charge in [0.05, 0.1) is 17.5 Å². The third-order valence-corrected chi connectivity index (χ3v) is 8.54. The maximum atomic E-state index is 14.9. The van der Waals surface area contributed by atoms with Crippen LogP contribution in [0.4, 0.5) is 10.1 Å². The van der Waals surface area contributed by atoms with Crippen molar-refractivity contribution in [3.05, 3.63) is 65.0 Å². The van der Waals surface area contributed by atoms with Gasteiger partial charge >= 0.3 is 5.97 Å². The lowest BCUT2D eigenvalue weighted by Gasteiger charge is -2.47. The van der Waals surface area contributed by atoms with Gasteiger partial charge in [0, 0.05) is 17.8 Å². The molecule has 2 N–H and O–H groups in total. The molecule has 0 spiro atoms. The van der Waals surface area contributed by atoms with E-state index in [1.807, 2.05) is 24.3 Å². The van der Waals surface area contributed by atoms with E-state index in [0.717, 1.165) is 56.4 Å². The number of nitrogens with zero attached hydrogens (tertiary/aromatic N) is 2. The minimum absolute atomic E-state index is 0.0553. The first kappa shape index (κ1) is 24.8. The van der Waals surface area contributed by atoms with Crippen LogP contribution in [0, 0.1) is 24.6 Å². The third-order valence-electron chi connectivity index (χ3n) is 8.54. The number of likely N-dealkylation sites (tertiary alicyclic amines) is 2. The maximum Gasteiger partial charge on any atom is 0.308 e. The highest BCUT2D eigenvalue weighted by atomic mass is 19.1. The van der Waals surface area contributed by atoms with Crippen molar-refractivity contribution in [1.82, 2.24) is 9.80 Å². The highest BCUT2D eigenvalue weighted by Crippen LogP contribution is 2.48. The fourth-order valence-corrected chi connectivity index (χ4v) is 6.62. The van der Waals surface area contributed by atoms with Gasteiger partial charge in [-0.05, 0) is 94.4 Å². The van der Waals surface area contributed by atoms with Crippen molar-refractivity contribution in [2.75, 3.05) is 25.5 Å². The number of rotatable bonds is 5. The molecular weight excluding hydrogens is 457 g/mol. The number of fused-ring (bicyclic) bond motifs is 1. The van der Waals surface area contributed by atoms with Crippen molar-refractivity contribution < 1.29 is 19.1 Å². The van der Waals surface area contributed by atoms with E-state index in [4.69, 9.17) is 0 Å². The third kappa shape index (κ3) is 4.73. The van der Waals surface area contributed by atoms with Gasteiger partial charge in [0.25, 0.3) is 5.91 Å². The second-order valence-corrected chi connectivity index (χ2v) is 10.9. The number of aryl methyl sites for hydroxylation is 1. The van der Waals surface area contributed by atoms with Crippen LogP contribution in [0.15, 0.2) is 42.5 Å². The highest BCUT2D eigenvalue weighted by Gasteiger charge is 2.50. The molecular formula is C29H36FN3O3. The molecule has 6 nitrogen and oxygen atoms in total. The molecule has 0 radical (unpaired) electrons. The van der Waals surface area contributed by atoms with E-state index in [2.05, 4.69) is 17.3 Å². The minimum atomic E-state index is -0.901. The van der Waals surface area contributed by atoms with E-state index in [-0.39, 0.29) is 17.5 Å². The average molecular weight is 494 g/mol. The number of carboxylic acid groups (broad SMARTS) is 1. The molecule has 2 aromatic carbocycles. The van der Waals surface area contributed by atoms with Crippen LogP contribution in [0.1, 0.15) is 66.1 Å². The molecule has 5 rings (SSSR count). The zero-order chi connectivity index (χ0) is 25.4. The molecule has 3 aliphatic rings. The first-order chi connectivity index (χ1) is 17.3. The molecule has 1 aliphatic carbocycles. The Morgan fingerprint density at radius 1 is 1.03 bits per heavy atom. The van der Waals surface area contributed by atoms with Crippen LogP contribution in [0.5, 0.6) is 0 Å². The predicted octanol–water partition coefficient (Wildman–Crippen LogP) is 5.10. The summed E-state index contributed by atoms with van der Waals surface area (Å²) in [6.45, 7) is 3.86. The van der Waals surface area contributed by atoms with E-state index in [9.17, 15) is 19.1 Å². The van der Waals surface area contributed by atoms with E-state index >= 15 is 0 Å². The molecule has 0 aromatic heterocycles. The van der Waals surface area contributed by atoms with Crippen LogP contribution in [0.25, 0.3) is 0 Å². The van der Waals surface area contributed by atoms with Gasteiger partial charge in [-0.15, -0.1) is 0 Å². The zero-order valence-corrected chi connectivity index (χ0v) is 21.1. The van der Waals surface area contributed by atoms with Crippen LogP contribution in [-0.4, -0.2) is 59.0 Å². The highest BCUT2D eigenvalue weighted by molar-refractivity contribution is 5.97. The van der Waals surface area contributed by atoms with E-state index in [1.54, 1.807) is 24.0 Å². The molecule has 2 heterocycles. The predicted molar refractivity (Wildman–Crippen MR) is 138 cm³/mol. The van der Waals surface area contributed by atoms with Gasteiger partial charge in [-0.2, -0.15) is 0 Å². The fraction of sp³-hybridized carbons (Fsp3) is 0.517. The first-order valence-corrected chi connectivity index (χ1v) is 13.2. The normalized spacial score (nSPS) is 27.0. The number of carbonyl (C=O) groups excluding carboxylic acids is 1. The van der Waals surface area contributed by atoms with Crippen molar-refractivity contribution in [3.63, 3.8) is 0 Å². The molecule has 192 valence electrons. The summed E-state index contributed by atoms with van der Waals surface area (Å²) < 4.78 is 14.9. The molecule has 1 saturated carbocycles. The number of hydrogen-bond donors (Lipinski definition) is 2. The Morgan fingerprint density at radius 2 is 1.75 bits per heavy atom. The van der Waals surface area contributed by atoms with E-state index < -0.39 is 29.7 Å². The van der Waals surface area contributed by atoms with Crippen molar-refractivity contribution in [1.29, 1.82) is 0 Å². The van der Waals surface area contributed by atoms with Gasteiger partial charge in [0.1, 0.15) is 5.82 Å². The summed E-state index contributed by atoms with van der Waals surface area (Å²) in [5, 5.41) is 13.8. The van der Waals surface area contributed by atoms with Crippen molar-refractivity contribution in [3.8, 4) is 0 Å². The fourth-order valence-electron chi connectivity index (χ4n) is 6.62. The zero-order valence-electron chi connectivity index (χ0n) is 21.1. The lowest BCUT2D eigenvalue weighted by molar-refractivity contribution is -0.147. The number of amides is 1. The van der Waals surface area contributed by atoms with Crippen LogP contribution >= 0.6 is 0 Å². The topological polar surface area (TPSA) is 72.9 Å². The number of anilines is 1. The van der Waals surface area contributed by atoms with Crippen LogP contribution in [-0.2, 0) is 4.79 Å². The second kappa shape index (κ2) is 10.2. The molecule has 2 saturated heterocycles. The van der Waals surface area contributed by atoms with E-state index in [0.29, 0.717) is 18.0 Å². The molecule has 36 heavy (non-hydrogen) atoms. The Labute approximate surface area is 212 Å². The number of piperidine rings is 2. The smallest absolute Gasteiger partial charge is 0.308 e. The number of aliphatic carboxylic acids is 1. The standard InChI is InChI=1S/C29H36FN3O3/c1-18-5-3-7-24(30)26(18)28(34)33-25-8-4-6-20(25)17-23(29(35)36)27(33)19-9-11-21(12-10-19)31-22-13-15-32(2)16-14-22/h3,5,7,9-12,20,22-23,25,27,31H,4,6,8,13-17H2,1-2H3,(H,35,36)/t20-,23+,25?,27+/m1/s1. The first-order valence-electron chi connectivity index (χ1n) is 13.2. The number of carbonyl (C=O) groups is 2. The van der Waals surface area contributed by atoms with Gasteiger partial charge in [0.2, 0.25) is 0 Å². The average Bonchev–Trinajstić information content (AvgIpc) is 3.33. The Kier molecular flexibility index (Phi) is 7.02. The quantitative estimate of drug-likeness (QED) is 0.607. The Hall–Kier alpha value is -2.93. The molecule has 1 unspecified atom stereocenters. The molecule has 2 aliphatic heterocycles. The molecule has 2 aromatic rings. The van der Waals surface area contributed by atoms with Gasteiger partial charge < -0.3 is 20.2 Å². The molecule has 4 atom stereocenters. The summed E-state index contributed by atoms with van der Waals surface area (Å²) in [4.78, 5) is 30.5. The summed E-state index contributed by atoms with van der Waals surface area (Å²) in [5.74, 6) is -2.45. The minimum Gasteiger partial charge on any atom is -0.481 e. The van der Waals surface area contributed by atoms with Crippen molar-refractivity contribution in [2.24, 2.45) is 11.8 Å². The molecule has 0 bridgehead atoms. The van der Waals surface area contributed by atoms with Crippen LogP contribution in [0.3, 0.4) is 0 Å². The number of benzene rings is 2. The lowest BCUT2D eigenvalue weighted by Crippen LogP contribution is -2.53. The van der Waals surface area contributed by atoms with Gasteiger partial charge in [-0.3, -0.25) is 9.59 Å². The van der Waals surface area contributed by atoms with Crippen molar-refractivity contribution >= 4 is 17.6 Å². The number of hydrogen-bond acceptors (Lipinski definition) is 4. The SMILES string of the molecule is Cc1cccc(F)c1C(=O)N1C2CCC[C@@H]2C[C@H](C(=O)O)[C@@H]1c1ccc(NC2CCN(C)CC2)cc1.